The molecule has 6 heteroatoms. The summed E-state index contributed by atoms with van der Waals surface area (Å²) in [5.74, 6) is 0. The average molecular weight is 166 g/mol. The smallest absolute Gasteiger partial charge is 1.00 e. The van der Waals surface area contributed by atoms with Gasteiger partial charge in [-0.1, -0.05) is 0 Å². The minimum atomic E-state index is -1.83. The van der Waals surface area contributed by atoms with Gasteiger partial charge in [0.2, 0.25) is 0 Å². The number of rotatable bonds is 0. The molecule has 0 aliphatic carbocycles. The van der Waals surface area contributed by atoms with E-state index in [9.17, 15) is 0 Å². The van der Waals surface area contributed by atoms with Gasteiger partial charge < -0.3 is 14.5 Å². The van der Waals surface area contributed by atoms with Gasteiger partial charge >= 0.3 is 138 Å². The minimum absolute atomic E-state index is 0. The van der Waals surface area contributed by atoms with Gasteiger partial charge in [0.1, 0.15) is 0 Å². The number of carboxylic acid groups (broad SMARTS) is 2. The molecule has 0 amide bonds. The van der Waals surface area contributed by atoms with E-state index in [0.29, 0.717) is 0 Å². The van der Waals surface area contributed by atoms with Crippen LogP contribution in [0.1, 0.15) is 4.28 Å². The molecule has 0 bridgehead atoms. The summed E-state index contributed by atoms with van der Waals surface area (Å²) in [5.41, 5.74) is 0. The zero-order chi connectivity index (χ0) is 3.58. The van der Waals surface area contributed by atoms with Crippen LogP contribution in [0.3, 0.4) is 0 Å². The Labute approximate surface area is 153 Å². The molecule has 0 saturated heterocycles. The fourth-order valence-corrected chi connectivity index (χ4v) is 0. The van der Waals surface area contributed by atoms with E-state index >= 15 is 0 Å². The number of hydrogen-bond acceptors (Lipinski definition) is 1. The van der Waals surface area contributed by atoms with Crippen molar-refractivity contribution in [2.24, 2.45) is 0 Å². The van der Waals surface area contributed by atoms with Crippen molar-refractivity contribution in [3.05, 3.63) is 0 Å². The van der Waals surface area contributed by atoms with Crippen LogP contribution in [0.15, 0.2) is 0 Å². The molecule has 0 aliphatic rings. The maximum atomic E-state index is 8.56. The SMILES string of the molecule is O=C(O)O.[H-].[H-].[H-].[K+].[K+].[Na+]. The second-order valence-corrected chi connectivity index (χ2v) is 0.283. The number of carbonyl (C=O) groups is 1. The van der Waals surface area contributed by atoms with Gasteiger partial charge in [-0.25, -0.2) is 4.79 Å². The van der Waals surface area contributed by atoms with Gasteiger partial charge in [-0.15, -0.1) is 0 Å². The van der Waals surface area contributed by atoms with Crippen molar-refractivity contribution in [1.82, 2.24) is 0 Å². The summed E-state index contributed by atoms with van der Waals surface area (Å²) in [4.78, 5) is 8.56. The molecule has 0 heterocycles. The molecular weight excluding hydrogens is 161 g/mol. The van der Waals surface area contributed by atoms with Crippen molar-refractivity contribution < 1.29 is 152 Å². The van der Waals surface area contributed by atoms with E-state index < -0.39 is 6.16 Å². The van der Waals surface area contributed by atoms with Crippen LogP contribution in [0.2, 0.25) is 0 Å². The standard InChI is InChI=1S/CH2O3.2K.Na.3H/c2-1(3)4;;;;;;/h(H2,2,3,4);;;;;;/q;3*+1;3*-1. The molecular formula is CH5K2NaO3. The van der Waals surface area contributed by atoms with E-state index in [1.54, 1.807) is 0 Å². The van der Waals surface area contributed by atoms with Crippen LogP contribution in [0, 0.1) is 0 Å². The van der Waals surface area contributed by atoms with E-state index in [-0.39, 0.29) is 137 Å². The normalized spacial score (nSPS) is 3.43. The monoisotopic (exact) mass is 166 g/mol. The van der Waals surface area contributed by atoms with Gasteiger partial charge in [0.25, 0.3) is 0 Å². The Kier molecular flexibility index (Phi) is 52.1. The fourth-order valence-electron chi connectivity index (χ4n) is 0. The van der Waals surface area contributed by atoms with Gasteiger partial charge in [-0.3, -0.25) is 0 Å². The van der Waals surface area contributed by atoms with Crippen LogP contribution in [0.25, 0.3) is 0 Å². The Morgan fingerprint density at radius 1 is 1.29 bits per heavy atom. The topological polar surface area (TPSA) is 57.5 Å². The van der Waals surface area contributed by atoms with Gasteiger partial charge in [0.05, 0.1) is 0 Å². The first kappa shape index (κ1) is 22.4. The number of hydrogen-bond donors (Lipinski definition) is 2. The predicted molar refractivity (Wildman–Crippen MR) is 14.0 cm³/mol. The third-order valence-corrected chi connectivity index (χ3v) is 0. The van der Waals surface area contributed by atoms with Crippen molar-refractivity contribution in [1.29, 1.82) is 0 Å². The first-order valence-corrected chi connectivity index (χ1v) is 0.651. The molecule has 7 heavy (non-hydrogen) atoms. The van der Waals surface area contributed by atoms with Crippen LogP contribution in [-0.4, -0.2) is 16.4 Å². The molecule has 0 fully saturated rings. The summed E-state index contributed by atoms with van der Waals surface area (Å²) >= 11 is 0. The van der Waals surface area contributed by atoms with Gasteiger partial charge in [-0.05, 0) is 0 Å². The second kappa shape index (κ2) is 16.3. The Morgan fingerprint density at radius 2 is 1.29 bits per heavy atom. The molecule has 0 unspecified atom stereocenters. The van der Waals surface area contributed by atoms with Crippen LogP contribution < -0.4 is 132 Å². The maximum absolute atomic E-state index is 8.56. The molecule has 0 radical (unpaired) electrons. The Bertz CT molecular complexity index is 44.7. The summed E-state index contributed by atoms with van der Waals surface area (Å²) in [5, 5.41) is 13.9. The first-order valence-electron chi connectivity index (χ1n) is 0.651. The molecule has 0 spiro atoms. The maximum Gasteiger partial charge on any atom is 1.00 e. The summed E-state index contributed by atoms with van der Waals surface area (Å²) in [7, 11) is 0. The summed E-state index contributed by atoms with van der Waals surface area (Å²) < 4.78 is 0. The van der Waals surface area contributed by atoms with E-state index in [4.69, 9.17) is 15.0 Å². The molecule has 0 aliphatic heterocycles. The molecule has 0 saturated carbocycles. The van der Waals surface area contributed by atoms with Crippen molar-refractivity contribution in [2.45, 2.75) is 0 Å². The van der Waals surface area contributed by atoms with Gasteiger partial charge in [0, 0.05) is 0 Å². The molecule has 2 N–H and O–H groups in total. The largest absolute Gasteiger partial charge is 1.00 e. The van der Waals surface area contributed by atoms with E-state index in [0.717, 1.165) is 0 Å². The summed E-state index contributed by atoms with van der Waals surface area (Å²) in [6.07, 6.45) is -1.83. The van der Waals surface area contributed by atoms with E-state index in [1.807, 2.05) is 0 Å². The third kappa shape index (κ3) is 43.3. The van der Waals surface area contributed by atoms with E-state index in [2.05, 4.69) is 0 Å². The summed E-state index contributed by atoms with van der Waals surface area (Å²) in [6, 6.07) is 0. The van der Waals surface area contributed by atoms with Crippen molar-refractivity contribution >= 4 is 6.16 Å². The minimum Gasteiger partial charge on any atom is -1.00 e. The average Bonchev–Trinajstić information content (AvgIpc) is 0.811. The molecule has 0 aromatic carbocycles. The van der Waals surface area contributed by atoms with E-state index in [1.165, 1.54) is 0 Å². The molecule has 0 aromatic heterocycles. The first-order chi connectivity index (χ1) is 1.73. The molecule has 30 valence electrons. The van der Waals surface area contributed by atoms with Gasteiger partial charge in [0.15, 0.2) is 0 Å². The van der Waals surface area contributed by atoms with Crippen LogP contribution in [0.4, 0.5) is 4.79 Å². The third-order valence-electron chi connectivity index (χ3n) is 0. The van der Waals surface area contributed by atoms with Crippen LogP contribution in [0.5, 0.6) is 0 Å². The zero-order valence-electron chi connectivity index (χ0n) is 7.80. The molecule has 0 aromatic rings. The van der Waals surface area contributed by atoms with Crippen molar-refractivity contribution in [2.75, 3.05) is 0 Å². The summed E-state index contributed by atoms with van der Waals surface area (Å²) in [6.45, 7) is 0. The Morgan fingerprint density at radius 3 is 1.29 bits per heavy atom. The fraction of sp³-hybridized carbons (Fsp3) is 0. The van der Waals surface area contributed by atoms with Crippen molar-refractivity contribution in [3.8, 4) is 0 Å². The van der Waals surface area contributed by atoms with Crippen LogP contribution >= 0.6 is 0 Å². The Hall–Kier alpha value is 3.54. The van der Waals surface area contributed by atoms with Gasteiger partial charge in [-0.2, -0.15) is 0 Å². The molecule has 0 rings (SSSR count). The quantitative estimate of drug-likeness (QED) is 0.351. The zero-order valence-corrected chi connectivity index (χ0v) is 13.0. The predicted octanol–water partition coefficient (Wildman–Crippen LogP) is -8.43. The second-order valence-electron chi connectivity index (χ2n) is 0.283. The molecule has 3 nitrogen and oxygen atoms in total. The van der Waals surface area contributed by atoms with Crippen LogP contribution in [-0.2, 0) is 0 Å². The van der Waals surface area contributed by atoms with Crippen molar-refractivity contribution in [3.63, 3.8) is 0 Å². The molecule has 0 atom stereocenters. The Balaban J connectivity index is -0.00000000300.